The normalized spacial score (nSPS) is 10.8. The Labute approximate surface area is 127 Å². The minimum Gasteiger partial charge on any atom is -0.282 e. The summed E-state index contributed by atoms with van der Waals surface area (Å²) < 4.78 is 3.10. The van der Waals surface area contributed by atoms with Crippen molar-refractivity contribution >= 4 is 37.4 Å². The molecule has 2 aromatic heterocycles. The molecule has 0 amide bonds. The van der Waals surface area contributed by atoms with Crippen LogP contribution in [0.1, 0.15) is 0 Å². The summed E-state index contributed by atoms with van der Waals surface area (Å²) in [5.41, 5.74) is 2.69. The van der Waals surface area contributed by atoms with Crippen molar-refractivity contribution in [3.63, 3.8) is 0 Å². The van der Waals surface area contributed by atoms with E-state index < -0.39 is 0 Å². The van der Waals surface area contributed by atoms with Crippen LogP contribution in [0.15, 0.2) is 68.5 Å². The average molecular weight is 379 g/mol. The zero-order valence-corrected chi connectivity index (χ0v) is 13.0. The van der Waals surface area contributed by atoms with Crippen molar-refractivity contribution in [3.8, 4) is 11.1 Å². The highest BCUT2D eigenvalue weighted by Crippen LogP contribution is 2.35. The Morgan fingerprint density at radius 3 is 2.26 bits per heavy atom. The van der Waals surface area contributed by atoms with Crippen LogP contribution in [-0.4, -0.2) is 4.40 Å². The van der Waals surface area contributed by atoms with Crippen molar-refractivity contribution in [2.45, 2.75) is 0 Å². The topological polar surface area (TPSA) is 21.5 Å². The van der Waals surface area contributed by atoms with Crippen LogP contribution in [0.3, 0.4) is 0 Å². The molecular formula is C15H9Br2NO. The van der Waals surface area contributed by atoms with E-state index in [0.717, 1.165) is 21.1 Å². The lowest BCUT2D eigenvalue weighted by atomic mass is 10.1. The highest BCUT2D eigenvalue weighted by molar-refractivity contribution is 9.11. The minimum absolute atomic E-state index is 0.0577. The van der Waals surface area contributed by atoms with Crippen molar-refractivity contribution in [2.75, 3.05) is 0 Å². The number of rotatable bonds is 1. The van der Waals surface area contributed by atoms with E-state index in [2.05, 4.69) is 31.9 Å². The van der Waals surface area contributed by atoms with Crippen molar-refractivity contribution in [2.24, 2.45) is 0 Å². The van der Waals surface area contributed by atoms with Crippen molar-refractivity contribution in [3.05, 3.63) is 74.0 Å². The molecule has 1 aromatic carbocycles. The van der Waals surface area contributed by atoms with Gasteiger partial charge in [0.2, 0.25) is 0 Å². The van der Waals surface area contributed by atoms with Gasteiger partial charge in [0.25, 0.3) is 5.56 Å². The molecule has 0 bridgehead atoms. The molecule has 2 nitrogen and oxygen atoms in total. The van der Waals surface area contributed by atoms with Gasteiger partial charge in [-0.2, -0.15) is 0 Å². The van der Waals surface area contributed by atoms with Gasteiger partial charge in [-0.25, -0.2) is 0 Å². The van der Waals surface area contributed by atoms with Crippen molar-refractivity contribution in [1.82, 2.24) is 4.40 Å². The average Bonchev–Trinajstić information content (AvgIpc) is 2.46. The van der Waals surface area contributed by atoms with E-state index in [-0.39, 0.29) is 5.56 Å². The number of benzene rings is 1. The number of hydrogen-bond acceptors (Lipinski definition) is 1. The Balaban J connectivity index is 2.48. The lowest BCUT2D eigenvalue weighted by Crippen LogP contribution is -2.15. The van der Waals surface area contributed by atoms with Crippen LogP contribution >= 0.6 is 31.9 Å². The molecule has 19 heavy (non-hydrogen) atoms. The van der Waals surface area contributed by atoms with Gasteiger partial charge in [0, 0.05) is 11.8 Å². The first-order chi connectivity index (χ1) is 9.20. The van der Waals surface area contributed by atoms with Gasteiger partial charge >= 0.3 is 0 Å². The van der Waals surface area contributed by atoms with E-state index in [9.17, 15) is 4.79 Å². The maximum absolute atomic E-state index is 12.4. The van der Waals surface area contributed by atoms with Gasteiger partial charge in [0.1, 0.15) is 0 Å². The van der Waals surface area contributed by atoms with E-state index in [1.807, 2.05) is 48.5 Å². The molecule has 0 unspecified atom stereocenters. The Hall–Kier alpha value is -1.39. The third-order valence-electron chi connectivity index (χ3n) is 2.99. The predicted molar refractivity (Wildman–Crippen MR) is 84.5 cm³/mol. The van der Waals surface area contributed by atoms with Crippen LogP contribution in [0.25, 0.3) is 16.6 Å². The van der Waals surface area contributed by atoms with Gasteiger partial charge in [0.15, 0.2) is 0 Å². The fourth-order valence-electron chi connectivity index (χ4n) is 2.09. The van der Waals surface area contributed by atoms with E-state index >= 15 is 0 Å². The molecule has 0 fully saturated rings. The fourth-order valence-corrected chi connectivity index (χ4v) is 3.73. The summed E-state index contributed by atoms with van der Waals surface area (Å²) in [4.78, 5) is 12.4. The van der Waals surface area contributed by atoms with Gasteiger partial charge in [0.05, 0.1) is 14.5 Å². The van der Waals surface area contributed by atoms with Gasteiger partial charge in [-0.05, 0) is 49.6 Å². The Bertz CT molecular complexity index is 809. The zero-order valence-electron chi connectivity index (χ0n) is 9.81. The highest BCUT2D eigenvalue weighted by atomic mass is 79.9. The van der Waals surface area contributed by atoms with Crippen LogP contribution in [0.5, 0.6) is 0 Å². The maximum atomic E-state index is 12.4. The second-order valence-corrected chi connectivity index (χ2v) is 5.72. The number of pyridine rings is 2. The highest BCUT2D eigenvalue weighted by Gasteiger charge is 2.15. The summed E-state index contributed by atoms with van der Waals surface area (Å²) in [7, 11) is 0. The summed E-state index contributed by atoms with van der Waals surface area (Å²) in [5, 5.41) is 0. The lowest BCUT2D eigenvalue weighted by molar-refractivity contribution is 1.08. The standard InChI is InChI=1S/C15H9Br2NO/c16-13-11-8-4-5-9-18(11)15(19)14(17)12(13)10-6-2-1-3-7-10/h1-9H. The summed E-state index contributed by atoms with van der Waals surface area (Å²) in [5.74, 6) is 0. The molecule has 0 spiro atoms. The molecule has 0 radical (unpaired) electrons. The first-order valence-corrected chi connectivity index (χ1v) is 7.32. The molecule has 0 aliphatic heterocycles. The predicted octanol–water partition coefficient (Wildman–Crippen LogP) is 4.49. The number of nitrogens with zero attached hydrogens (tertiary/aromatic N) is 1. The van der Waals surface area contributed by atoms with E-state index in [4.69, 9.17) is 0 Å². The first-order valence-electron chi connectivity index (χ1n) is 5.74. The minimum atomic E-state index is -0.0577. The third kappa shape index (κ3) is 2.05. The molecule has 0 aliphatic carbocycles. The summed E-state index contributed by atoms with van der Waals surface area (Å²) in [6.45, 7) is 0. The SMILES string of the molecule is O=c1c(Br)c(-c2ccccc2)c(Br)c2ccccn12. The third-order valence-corrected chi connectivity index (χ3v) is 4.53. The maximum Gasteiger partial charge on any atom is 0.270 e. The van der Waals surface area contributed by atoms with Gasteiger partial charge in [-0.1, -0.05) is 36.4 Å². The smallest absolute Gasteiger partial charge is 0.270 e. The van der Waals surface area contributed by atoms with E-state index in [1.54, 1.807) is 10.6 Å². The number of fused-ring (bicyclic) bond motifs is 1. The van der Waals surface area contributed by atoms with Gasteiger partial charge in [-0.3, -0.25) is 9.20 Å². The second-order valence-electron chi connectivity index (χ2n) is 4.13. The molecule has 0 N–H and O–H groups in total. The van der Waals surface area contributed by atoms with Crippen LogP contribution in [0, 0.1) is 0 Å². The fraction of sp³-hybridized carbons (Fsp3) is 0. The molecule has 0 atom stereocenters. The number of aromatic nitrogens is 1. The summed E-state index contributed by atoms with van der Waals surface area (Å²) >= 11 is 7.04. The summed E-state index contributed by atoms with van der Waals surface area (Å²) in [6, 6.07) is 15.5. The van der Waals surface area contributed by atoms with Gasteiger partial charge in [-0.15, -0.1) is 0 Å². The van der Waals surface area contributed by atoms with Crippen LogP contribution in [0.2, 0.25) is 0 Å². The van der Waals surface area contributed by atoms with Crippen LogP contribution in [-0.2, 0) is 0 Å². The number of hydrogen-bond donors (Lipinski definition) is 0. The molecule has 4 heteroatoms. The van der Waals surface area contributed by atoms with Crippen molar-refractivity contribution in [1.29, 1.82) is 0 Å². The molecule has 0 saturated heterocycles. The van der Waals surface area contributed by atoms with Gasteiger partial charge < -0.3 is 0 Å². The molecule has 3 rings (SSSR count). The monoisotopic (exact) mass is 377 g/mol. The van der Waals surface area contributed by atoms with Crippen LogP contribution in [0.4, 0.5) is 0 Å². The van der Waals surface area contributed by atoms with Crippen LogP contribution < -0.4 is 5.56 Å². The molecular weight excluding hydrogens is 370 g/mol. The quantitative estimate of drug-likeness (QED) is 0.611. The molecule has 0 aliphatic rings. The summed E-state index contributed by atoms with van der Waals surface area (Å²) in [6.07, 6.45) is 1.77. The molecule has 94 valence electrons. The number of halogens is 2. The first kappa shape index (κ1) is 12.6. The largest absolute Gasteiger partial charge is 0.282 e. The lowest BCUT2D eigenvalue weighted by Gasteiger charge is -2.11. The van der Waals surface area contributed by atoms with E-state index in [0.29, 0.717) is 4.47 Å². The molecule has 2 heterocycles. The zero-order chi connectivity index (χ0) is 13.4. The van der Waals surface area contributed by atoms with Crippen molar-refractivity contribution < 1.29 is 0 Å². The Morgan fingerprint density at radius 2 is 1.53 bits per heavy atom. The molecule has 0 saturated carbocycles. The Morgan fingerprint density at radius 1 is 0.842 bits per heavy atom. The second kappa shape index (κ2) is 4.94. The van der Waals surface area contributed by atoms with E-state index in [1.165, 1.54) is 0 Å². The molecule has 3 aromatic rings. The Kier molecular flexibility index (Phi) is 3.29.